The molecule has 2 amide bonds. The highest BCUT2D eigenvalue weighted by Gasteiger charge is 2.23. The Morgan fingerprint density at radius 2 is 1.91 bits per heavy atom. The van der Waals surface area contributed by atoms with Crippen LogP contribution in [0.4, 0.5) is 5.69 Å². The van der Waals surface area contributed by atoms with Crippen LogP contribution in [0.25, 0.3) is 0 Å². The highest BCUT2D eigenvalue weighted by Crippen LogP contribution is 2.17. The molecule has 2 rings (SSSR count). The van der Waals surface area contributed by atoms with E-state index < -0.39 is 5.91 Å². The van der Waals surface area contributed by atoms with Gasteiger partial charge in [-0.15, -0.1) is 0 Å². The minimum absolute atomic E-state index is 0.0663. The number of benzene rings is 1. The van der Waals surface area contributed by atoms with Crippen molar-refractivity contribution >= 4 is 17.5 Å². The second-order valence-electron chi connectivity index (χ2n) is 5.74. The lowest BCUT2D eigenvalue weighted by Gasteiger charge is -2.30. The number of carbonyl (C=O) groups excluding carboxylic acids is 2. The lowest BCUT2D eigenvalue weighted by Crippen LogP contribution is -2.39. The molecule has 6 nitrogen and oxygen atoms in total. The Morgan fingerprint density at radius 1 is 1.30 bits per heavy atom. The summed E-state index contributed by atoms with van der Waals surface area (Å²) in [6.07, 6.45) is 3.05. The molecule has 0 saturated carbocycles. The van der Waals surface area contributed by atoms with Crippen molar-refractivity contribution in [2.24, 2.45) is 5.92 Å². The van der Waals surface area contributed by atoms with E-state index in [9.17, 15) is 9.59 Å². The molecule has 0 unspecified atom stereocenters. The van der Waals surface area contributed by atoms with Crippen molar-refractivity contribution in [2.75, 3.05) is 18.8 Å². The molecule has 1 aromatic rings. The van der Waals surface area contributed by atoms with Crippen LogP contribution in [0.3, 0.4) is 0 Å². The maximum absolute atomic E-state index is 12.3. The van der Waals surface area contributed by atoms with E-state index in [4.69, 9.17) is 11.0 Å². The number of nitrogens with one attached hydrogen (secondary N) is 1. The Kier molecular flexibility index (Phi) is 5.36. The maximum Gasteiger partial charge on any atom is 0.266 e. The summed E-state index contributed by atoms with van der Waals surface area (Å²) in [5, 5.41) is 11.7. The molecule has 0 aliphatic carbocycles. The summed E-state index contributed by atoms with van der Waals surface area (Å²) in [7, 11) is 0. The summed E-state index contributed by atoms with van der Waals surface area (Å²) in [6, 6.07) is 8.25. The van der Waals surface area contributed by atoms with Crippen LogP contribution in [0, 0.1) is 17.2 Å². The van der Waals surface area contributed by atoms with E-state index in [0.29, 0.717) is 30.3 Å². The number of likely N-dealkylation sites (tertiary alicyclic amines) is 1. The smallest absolute Gasteiger partial charge is 0.266 e. The molecular weight excluding hydrogens is 292 g/mol. The monoisotopic (exact) mass is 312 g/mol. The Morgan fingerprint density at radius 3 is 2.48 bits per heavy atom. The number of anilines is 1. The fraction of sp³-hybridized carbons (Fsp3) is 0.353. The quantitative estimate of drug-likeness (QED) is 0.504. The molecule has 23 heavy (non-hydrogen) atoms. The van der Waals surface area contributed by atoms with Gasteiger partial charge in [0.25, 0.3) is 11.8 Å². The van der Waals surface area contributed by atoms with Gasteiger partial charge in [-0.05, 0) is 43.0 Å². The van der Waals surface area contributed by atoms with Gasteiger partial charge in [0, 0.05) is 30.5 Å². The molecule has 0 aromatic heterocycles. The zero-order valence-corrected chi connectivity index (χ0v) is 13.1. The second-order valence-corrected chi connectivity index (χ2v) is 5.74. The molecule has 1 aliphatic rings. The first-order valence-corrected chi connectivity index (χ1v) is 7.57. The summed E-state index contributed by atoms with van der Waals surface area (Å²) in [5.74, 6) is -0.131. The van der Waals surface area contributed by atoms with Gasteiger partial charge in [-0.1, -0.05) is 6.92 Å². The molecule has 6 heteroatoms. The number of nitrogens with zero attached hydrogens (tertiary/aromatic N) is 2. The fourth-order valence-corrected chi connectivity index (χ4v) is 2.38. The molecule has 1 saturated heterocycles. The molecule has 0 atom stereocenters. The normalized spacial score (nSPS) is 15.8. The molecule has 1 aliphatic heterocycles. The number of hydrogen-bond acceptors (Lipinski definition) is 4. The van der Waals surface area contributed by atoms with Crippen LogP contribution in [0.2, 0.25) is 0 Å². The van der Waals surface area contributed by atoms with Crippen molar-refractivity contribution in [1.82, 2.24) is 10.2 Å². The van der Waals surface area contributed by atoms with E-state index in [1.54, 1.807) is 29.2 Å². The molecule has 1 heterocycles. The van der Waals surface area contributed by atoms with Crippen molar-refractivity contribution < 1.29 is 9.59 Å². The third-order valence-corrected chi connectivity index (χ3v) is 3.94. The van der Waals surface area contributed by atoms with Crippen LogP contribution in [0.5, 0.6) is 0 Å². The van der Waals surface area contributed by atoms with E-state index in [2.05, 4.69) is 12.2 Å². The van der Waals surface area contributed by atoms with E-state index in [0.717, 1.165) is 12.8 Å². The highest BCUT2D eigenvalue weighted by atomic mass is 16.2. The Balaban J connectivity index is 2.01. The maximum atomic E-state index is 12.3. The first kappa shape index (κ1) is 16.6. The zero-order valence-electron chi connectivity index (χ0n) is 13.1. The lowest BCUT2D eigenvalue weighted by atomic mass is 9.99. The topological polar surface area (TPSA) is 99.2 Å². The van der Waals surface area contributed by atoms with Gasteiger partial charge in [-0.25, -0.2) is 0 Å². The van der Waals surface area contributed by atoms with Crippen LogP contribution in [-0.2, 0) is 4.79 Å². The number of amides is 2. The van der Waals surface area contributed by atoms with Crippen molar-refractivity contribution in [3.8, 4) is 6.07 Å². The molecule has 0 bridgehead atoms. The van der Waals surface area contributed by atoms with Crippen molar-refractivity contribution in [3.05, 3.63) is 41.6 Å². The largest absolute Gasteiger partial charge is 0.399 e. The number of nitrogens with two attached hydrogens (primary N) is 1. The number of nitrogen functional groups attached to an aromatic ring is 1. The van der Waals surface area contributed by atoms with Gasteiger partial charge in [0.05, 0.1) is 0 Å². The Labute approximate surface area is 135 Å². The molecule has 1 aromatic carbocycles. The van der Waals surface area contributed by atoms with Crippen LogP contribution in [-0.4, -0.2) is 29.8 Å². The van der Waals surface area contributed by atoms with Crippen LogP contribution in [0.15, 0.2) is 36.0 Å². The fourth-order valence-electron chi connectivity index (χ4n) is 2.38. The molecule has 0 radical (unpaired) electrons. The first-order valence-electron chi connectivity index (χ1n) is 7.57. The predicted octanol–water partition coefficient (Wildman–Crippen LogP) is 1.66. The number of rotatable bonds is 3. The Bertz CT molecular complexity index is 650. The minimum Gasteiger partial charge on any atom is -0.399 e. The van der Waals surface area contributed by atoms with Gasteiger partial charge >= 0.3 is 0 Å². The molecule has 1 fully saturated rings. The summed E-state index contributed by atoms with van der Waals surface area (Å²) in [5.41, 5.74) is 6.47. The number of hydrogen-bond donors (Lipinski definition) is 2. The highest BCUT2D eigenvalue weighted by molar-refractivity contribution is 5.99. The standard InChI is InChI=1S/C17H20N4O2/c1-12-6-8-21(9-7-12)17(23)14(10-18)11-20-16(22)13-2-4-15(19)5-3-13/h2-5,11-12H,6-9,19H2,1H3,(H,20,22)/b14-11-. The molecule has 120 valence electrons. The minimum atomic E-state index is -0.391. The van der Waals surface area contributed by atoms with Crippen LogP contribution >= 0.6 is 0 Å². The first-order chi connectivity index (χ1) is 11.0. The van der Waals surface area contributed by atoms with Gasteiger partial charge < -0.3 is 16.0 Å². The van der Waals surface area contributed by atoms with Crippen LogP contribution in [0.1, 0.15) is 30.1 Å². The number of piperidine rings is 1. The molecule has 3 N–H and O–H groups in total. The Hall–Kier alpha value is -2.81. The van der Waals surface area contributed by atoms with E-state index in [-0.39, 0.29) is 11.5 Å². The second kappa shape index (κ2) is 7.45. The van der Waals surface area contributed by atoms with E-state index in [1.165, 1.54) is 6.20 Å². The lowest BCUT2D eigenvalue weighted by molar-refractivity contribution is -0.128. The summed E-state index contributed by atoms with van der Waals surface area (Å²) in [6.45, 7) is 3.44. The predicted molar refractivity (Wildman–Crippen MR) is 87.0 cm³/mol. The SMILES string of the molecule is CC1CCN(C(=O)/C(C#N)=C\NC(=O)c2ccc(N)cc2)CC1. The van der Waals surface area contributed by atoms with Gasteiger partial charge in [-0.3, -0.25) is 9.59 Å². The van der Waals surface area contributed by atoms with Crippen molar-refractivity contribution in [2.45, 2.75) is 19.8 Å². The average molecular weight is 312 g/mol. The van der Waals surface area contributed by atoms with E-state index >= 15 is 0 Å². The molecule has 0 spiro atoms. The van der Waals surface area contributed by atoms with Crippen molar-refractivity contribution in [3.63, 3.8) is 0 Å². The summed E-state index contributed by atoms with van der Waals surface area (Å²) < 4.78 is 0. The van der Waals surface area contributed by atoms with Crippen molar-refractivity contribution in [1.29, 1.82) is 5.26 Å². The third kappa shape index (κ3) is 4.33. The van der Waals surface area contributed by atoms with Gasteiger partial charge in [0.15, 0.2) is 0 Å². The van der Waals surface area contributed by atoms with Gasteiger partial charge in [0.1, 0.15) is 11.6 Å². The van der Waals surface area contributed by atoms with Gasteiger partial charge in [-0.2, -0.15) is 5.26 Å². The number of carbonyl (C=O) groups is 2. The average Bonchev–Trinajstić information content (AvgIpc) is 2.56. The molecular formula is C17H20N4O2. The third-order valence-electron chi connectivity index (χ3n) is 3.94. The summed E-state index contributed by atoms with van der Waals surface area (Å²) in [4.78, 5) is 25.9. The van der Waals surface area contributed by atoms with E-state index in [1.807, 2.05) is 6.07 Å². The summed E-state index contributed by atoms with van der Waals surface area (Å²) >= 11 is 0. The van der Waals surface area contributed by atoms with Crippen LogP contribution < -0.4 is 11.1 Å². The van der Waals surface area contributed by atoms with Gasteiger partial charge in [0.2, 0.25) is 0 Å². The zero-order chi connectivity index (χ0) is 16.8. The number of nitriles is 1.